The number of fused-ring (bicyclic) bond motifs is 1. The second-order valence-corrected chi connectivity index (χ2v) is 6.37. The van der Waals surface area contributed by atoms with Gasteiger partial charge in [-0.3, -0.25) is 14.9 Å². The molecule has 142 valence electrons. The van der Waals surface area contributed by atoms with Crippen LogP contribution in [-0.4, -0.2) is 30.6 Å². The lowest BCUT2D eigenvalue weighted by Crippen LogP contribution is -2.26. The molecule has 27 heavy (non-hydrogen) atoms. The molecule has 1 amide bonds. The Morgan fingerprint density at radius 2 is 2.04 bits per heavy atom. The molecule has 0 unspecified atom stereocenters. The number of amides is 1. The molecule has 7 nitrogen and oxygen atoms in total. The van der Waals surface area contributed by atoms with Crippen molar-refractivity contribution in [3.8, 4) is 11.5 Å². The minimum atomic E-state index is -0.798. The Bertz CT molecular complexity index is 919. The topological polar surface area (TPSA) is 90.7 Å². The highest BCUT2D eigenvalue weighted by atomic mass is 35.5. The van der Waals surface area contributed by atoms with E-state index in [1.165, 1.54) is 6.92 Å². The number of rotatable bonds is 5. The summed E-state index contributed by atoms with van der Waals surface area (Å²) in [5, 5.41) is 14.0. The summed E-state index contributed by atoms with van der Waals surface area (Å²) in [5.74, 6) is -0.349. The fraction of sp³-hybridized carbons (Fsp3) is 0.278. The molecule has 2 aromatic carbocycles. The maximum Gasteiger partial charge on any atom is 0.276 e. The van der Waals surface area contributed by atoms with Crippen molar-refractivity contribution in [3.05, 3.63) is 61.9 Å². The summed E-state index contributed by atoms with van der Waals surface area (Å²) < 4.78 is 24.8. The molecule has 1 aliphatic heterocycles. The van der Waals surface area contributed by atoms with E-state index in [0.717, 1.165) is 17.7 Å². The number of hydrogen-bond donors (Lipinski definition) is 1. The molecule has 0 aliphatic carbocycles. The first-order chi connectivity index (χ1) is 12.9. The molecular formula is C18H16ClFN2O5. The maximum absolute atomic E-state index is 13.8. The van der Waals surface area contributed by atoms with E-state index in [4.69, 9.17) is 21.1 Å². The van der Waals surface area contributed by atoms with Crippen LogP contribution in [-0.2, 0) is 6.42 Å². The van der Waals surface area contributed by atoms with E-state index in [0.29, 0.717) is 36.2 Å². The van der Waals surface area contributed by atoms with E-state index in [2.05, 4.69) is 5.32 Å². The molecule has 0 spiro atoms. The van der Waals surface area contributed by atoms with Gasteiger partial charge >= 0.3 is 0 Å². The molecule has 0 saturated carbocycles. The lowest BCUT2D eigenvalue weighted by atomic mass is 10.1. The molecule has 0 aromatic heterocycles. The van der Waals surface area contributed by atoms with E-state index in [1.807, 2.05) is 0 Å². The van der Waals surface area contributed by atoms with Gasteiger partial charge in [0.15, 0.2) is 11.5 Å². The summed E-state index contributed by atoms with van der Waals surface area (Å²) in [4.78, 5) is 22.5. The Labute approximate surface area is 159 Å². The van der Waals surface area contributed by atoms with Crippen LogP contribution in [0.4, 0.5) is 10.1 Å². The van der Waals surface area contributed by atoms with Gasteiger partial charge in [-0.15, -0.1) is 0 Å². The van der Waals surface area contributed by atoms with Crippen molar-refractivity contribution >= 4 is 23.2 Å². The quantitative estimate of drug-likeness (QED) is 0.619. The fourth-order valence-electron chi connectivity index (χ4n) is 2.72. The van der Waals surface area contributed by atoms with Gasteiger partial charge in [0, 0.05) is 18.2 Å². The van der Waals surface area contributed by atoms with Crippen LogP contribution in [0.25, 0.3) is 0 Å². The lowest BCUT2D eigenvalue weighted by molar-refractivity contribution is -0.385. The molecule has 1 heterocycles. The first-order valence-corrected chi connectivity index (χ1v) is 8.55. The Hall–Kier alpha value is -2.87. The van der Waals surface area contributed by atoms with E-state index in [-0.39, 0.29) is 17.7 Å². The molecule has 0 fully saturated rings. The van der Waals surface area contributed by atoms with Gasteiger partial charge in [0.1, 0.15) is 19.0 Å². The number of nitro benzene ring substituents is 1. The monoisotopic (exact) mass is 394 g/mol. The third-order valence-corrected chi connectivity index (χ3v) is 4.41. The highest BCUT2D eigenvalue weighted by Crippen LogP contribution is 2.38. The van der Waals surface area contributed by atoms with Crippen LogP contribution in [0.5, 0.6) is 11.5 Å². The third-order valence-electron chi connectivity index (χ3n) is 4.13. The Morgan fingerprint density at radius 3 is 2.78 bits per heavy atom. The summed E-state index contributed by atoms with van der Waals surface area (Å²) in [6, 6.07) is 5.55. The van der Waals surface area contributed by atoms with Crippen molar-refractivity contribution in [2.75, 3.05) is 19.8 Å². The number of nitro groups is 1. The van der Waals surface area contributed by atoms with E-state index in [1.54, 1.807) is 12.1 Å². The first-order valence-electron chi connectivity index (χ1n) is 8.17. The Balaban J connectivity index is 1.67. The van der Waals surface area contributed by atoms with Crippen molar-refractivity contribution in [1.82, 2.24) is 5.32 Å². The standard InChI is InChI=1S/C18H16ClFN2O5/c1-10-14(20)8-12(9-15(10)22(24)25)18(23)21-3-2-11-6-13(19)17-16(7-11)26-4-5-27-17/h6-9H,2-5H2,1H3,(H,21,23). The minimum absolute atomic E-state index is 0.106. The Kier molecular flexibility index (Phi) is 5.46. The van der Waals surface area contributed by atoms with Crippen molar-refractivity contribution in [3.63, 3.8) is 0 Å². The number of carbonyl (C=O) groups excluding carboxylic acids is 1. The van der Waals surface area contributed by atoms with Gasteiger partial charge in [-0.25, -0.2) is 4.39 Å². The molecular weight excluding hydrogens is 379 g/mol. The minimum Gasteiger partial charge on any atom is -0.486 e. The summed E-state index contributed by atoms with van der Waals surface area (Å²) in [6.07, 6.45) is 0.443. The molecule has 0 radical (unpaired) electrons. The molecule has 2 aromatic rings. The second-order valence-electron chi connectivity index (χ2n) is 5.97. The zero-order valence-corrected chi connectivity index (χ0v) is 15.1. The number of nitrogens with zero attached hydrogens (tertiary/aromatic N) is 1. The molecule has 0 bridgehead atoms. The van der Waals surface area contributed by atoms with Crippen LogP contribution in [0.2, 0.25) is 5.02 Å². The summed E-state index contributed by atoms with van der Waals surface area (Å²) >= 11 is 6.17. The number of hydrogen-bond acceptors (Lipinski definition) is 5. The highest BCUT2D eigenvalue weighted by Gasteiger charge is 2.20. The van der Waals surface area contributed by atoms with Crippen LogP contribution >= 0.6 is 11.6 Å². The van der Waals surface area contributed by atoms with Gasteiger partial charge < -0.3 is 14.8 Å². The molecule has 1 N–H and O–H groups in total. The zero-order valence-electron chi connectivity index (χ0n) is 14.4. The number of halogens is 2. The smallest absolute Gasteiger partial charge is 0.276 e. The Morgan fingerprint density at radius 1 is 1.30 bits per heavy atom. The van der Waals surface area contributed by atoms with Gasteiger partial charge in [-0.05, 0) is 37.1 Å². The molecule has 1 aliphatic rings. The van der Waals surface area contributed by atoms with E-state index in [9.17, 15) is 19.3 Å². The second kappa shape index (κ2) is 7.79. The van der Waals surface area contributed by atoms with Crippen LogP contribution in [0.3, 0.4) is 0 Å². The summed E-state index contributed by atoms with van der Waals surface area (Å²) in [7, 11) is 0. The van der Waals surface area contributed by atoms with Crippen LogP contribution in [0, 0.1) is 22.9 Å². The fourth-order valence-corrected chi connectivity index (χ4v) is 3.00. The SMILES string of the molecule is Cc1c(F)cc(C(=O)NCCc2cc(Cl)c3c(c2)OCCO3)cc1[N+](=O)[O-]. The zero-order chi connectivity index (χ0) is 19.6. The molecule has 3 rings (SSSR count). The third kappa shape index (κ3) is 4.11. The highest BCUT2D eigenvalue weighted by molar-refractivity contribution is 6.32. The van der Waals surface area contributed by atoms with Crippen molar-refractivity contribution in [1.29, 1.82) is 0 Å². The van der Waals surface area contributed by atoms with Gasteiger partial charge in [-0.2, -0.15) is 0 Å². The van der Waals surface area contributed by atoms with Crippen molar-refractivity contribution in [2.24, 2.45) is 0 Å². The molecule has 9 heteroatoms. The van der Waals surface area contributed by atoms with E-state index < -0.39 is 22.3 Å². The predicted molar refractivity (Wildman–Crippen MR) is 96.3 cm³/mol. The molecule has 0 atom stereocenters. The summed E-state index contributed by atoms with van der Waals surface area (Å²) in [5.41, 5.74) is 0.178. The van der Waals surface area contributed by atoms with Gasteiger partial charge in [0.2, 0.25) is 0 Å². The number of carbonyl (C=O) groups is 1. The van der Waals surface area contributed by atoms with E-state index >= 15 is 0 Å². The van der Waals surface area contributed by atoms with Crippen LogP contribution in [0.15, 0.2) is 24.3 Å². The number of ether oxygens (including phenoxy) is 2. The largest absolute Gasteiger partial charge is 0.486 e. The number of benzene rings is 2. The van der Waals surface area contributed by atoms with Crippen LogP contribution in [0.1, 0.15) is 21.5 Å². The predicted octanol–water partition coefficient (Wildman–Crippen LogP) is 3.44. The first kappa shape index (κ1) is 18.9. The summed E-state index contributed by atoms with van der Waals surface area (Å²) in [6.45, 7) is 2.39. The maximum atomic E-state index is 13.8. The lowest BCUT2D eigenvalue weighted by Gasteiger charge is -2.20. The van der Waals surface area contributed by atoms with Gasteiger partial charge in [-0.1, -0.05) is 11.6 Å². The normalized spacial score (nSPS) is 12.6. The van der Waals surface area contributed by atoms with Gasteiger partial charge in [0.25, 0.3) is 11.6 Å². The van der Waals surface area contributed by atoms with Gasteiger partial charge in [0.05, 0.1) is 15.5 Å². The average Bonchev–Trinajstić information content (AvgIpc) is 2.63. The molecule has 0 saturated heterocycles. The van der Waals surface area contributed by atoms with Crippen LogP contribution < -0.4 is 14.8 Å². The average molecular weight is 395 g/mol. The number of nitrogens with one attached hydrogen (secondary N) is 1. The van der Waals surface area contributed by atoms with Crippen molar-refractivity contribution < 1.29 is 23.6 Å². The van der Waals surface area contributed by atoms with Crippen molar-refractivity contribution in [2.45, 2.75) is 13.3 Å².